The van der Waals surface area contributed by atoms with Crippen LogP contribution >= 0.6 is 0 Å². The largest absolute Gasteiger partial charge is 0.467 e. The molecule has 110 valence electrons. The van der Waals surface area contributed by atoms with Gasteiger partial charge in [0, 0.05) is 6.07 Å². The van der Waals surface area contributed by atoms with Crippen molar-refractivity contribution in [1.82, 2.24) is 5.32 Å². The van der Waals surface area contributed by atoms with Crippen LogP contribution in [0.1, 0.15) is 10.6 Å². The summed E-state index contributed by atoms with van der Waals surface area (Å²) < 4.78 is 9.75. The number of amides is 1. The van der Waals surface area contributed by atoms with Crippen molar-refractivity contribution in [1.29, 1.82) is 0 Å². The van der Waals surface area contributed by atoms with Crippen molar-refractivity contribution < 1.29 is 23.8 Å². The number of aliphatic hydroxyl groups is 1. The predicted molar refractivity (Wildman–Crippen MR) is 72.8 cm³/mol. The number of carbonyl (C=O) groups excluding carboxylic acids is 2. The lowest BCUT2D eigenvalue weighted by Crippen LogP contribution is -2.44. The predicted octanol–water partition coefficient (Wildman–Crippen LogP) is 0.0567. The average molecular weight is 291 g/mol. The van der Waals surface area contributed by atoms with Gasteiger partial charge in [-0.2, -0.15) is 0 Å². The van der Waals surface area contributed by atoms with Crippen molar-refractivity contribution in [2.75, 3.05) is 13.7 Å². The highest BCUT2D eigenvalue weighted by Gasteiger charge is 2.22. The van der Waals surface area contributed by atoms with E-state index in [1.165, 1.54) is 0 Å². The second-order valence-corrected chi connectivity index (χ2v) is 4.20. The number of aliphatic hydroxyl groups excluding tert-OH is 1. The van der Waals surface area contributed by atoms with E-state index in [0.29, 0.717) is 5.39 Å². The van der Waals surface area contributed by atoms with Gasteiger partial charge in [-0.1, -0.05) is 12.1 Å². The first-order chi connectivity index (χ1) is 10.1. The molecule has 1 heterocycles. The van der Waals surface area contributed by atoms with Gasteiger partial charge in [0.1, 0.15) is 5.58 Å². The van der Waals surface area contributed by atoms with Crippen LogP contribution in [0.2, 0.25) is 0 Å². The van der Waals surface area contributed by atoms with E-state index in [0.717, 1.165) is 13.2 Å². The minimum Gasteiger partial charge on any atom is -0.467 e. The molecule has 1 aromatic carbocycles. The lowest BCUT2D eigenvalue weighted by molar-refractivity contribution is -0.143. The van der Waals surface area contributed by atoms with Crippen molar-refractivity contribution >= 4 is 22.8 Å². The van der Waals surface area contributed by atoms with Gasteiger partial charge in [0.15, 0.2) is 17.2 Å². The molecule has 0 bridgehead atoms. The summed E-state index contributed by atoms with van der Waals surface area (Å²) in [5.74, 6) is -1.84. The lowest BCUT2D eigenvalue weighted by atomic mass is 10.2. The number of fused-ring (bicyclic) bond motifs is 1. The van der Waals surface area contributed by atoms with Crippen molar-refractivity contribution in [3.63, 3.8) is 0 Å². The zero-order chi connectivity index (χ0) is 15.4. The molecule has 1 aromatic heterocycles. The molecule has 0 unspecified atom stereocenters. The third-order valence-corrected chi connectivity index (χ3v) is 2.83. The van der Waals surface area contributed by atoms with Crippen LogP contribution < -0.4 is 10.7 Å². The molecular weight excluding hydrogens is 278 g/mol. The summed E-state index contributed by atoms with van der Waals surface area (Å²) in [5, 5.41) is 11.6. The standard InChI is InChI=1S/C14H13NO6/c1-20-14(19)9(7-16)15-13(18)12-6-10(17)8-4-2-3-5-11(8)21-12/h2-6,9,16H,7H2,1H3,(H,15,18)/t9-/m0/s1. The number of hydrogen-bond acceptors (Lipinski definition) is 6. The average Bonchev–Trinajstić information content (AvgIpc) is 2.51. The Kier molecular flexibility index (Phi) is 4.34. The van der Waals surface area contributed by atoms with Gasteiger partial charge in [-0.15, -0.1) is 0 Å². The number of methoxy groups -OCH3 is 1. The van der Waals surface area contributed by atoms with E-state index >= 15 is 0 Å². The van der Waals surface area contributed by atoms with Gasteiger partial charge in [0.25, 0.3) is 5.91 Å². The Morgan fingerprint density at radius 2 is 2.10 bits per heavy atom. The first kappa shape index (κ1) is 14.7. The van der Waals surface area contributed by atoms with Crippen molar-refractivity contribution in [2.45, 2.75) is 6.04 Å². The number of carbonyl (C=O) groups is 2. The monoisotopic (exact) mass is 291 g/mol. The third-order valence-electron chi connectivity index (χ3n) is 2.83. The number of hydrogen-bond donors (Lipinski definition) is 2. The summed E-state index contributed by atoms with van der Waals surface area (Å²) in [5.41, 5.74) is -0.116. The number of ether oxygens (including phenoxy) is 1. The van der Waals surface area contributed by atoms with E-state index in [1.807, 2.05) is 0 Å². The van der Waals surface area contributed by atoms with Gasteiger partial charge < -0.3 is 19.6 Å². The third kappa shape index (κ3) is 3.09. The minimum absolute atomic E-state index is 0.249. The van der Waals surface area contributed by atoms with E-state index in [1.54, 1.807) is 24.3 Å². The van der Waals surface area contributed by atoms with Gasteiger partial charge in [-0.25, -0.2) is 4.79 Å². The molecule has 2 N–H and O–H groups in total. The van der Waals surface area contributed by atoms with Crippen LogP contribution in [0.15, 0.2) is 39.5 Å². The quantitative estimate of drug-likeness (QED) is 0.771. The minimum atomic E-state index is -1.22. The van der Waals surface area contributed by atoms with Gasteiger partial charge in [0.2, 0.25) is 0 Å². The molecule has 0 aliphatic rings. The zero-order valence-electron chi connectivity index (χ0n) is 11.2. The first-order valence-electron chi connectivity index (χ1n) is 6.09. The molecule has 0 spiro atoms. The molecule has 0 radical (unpaired) electrons. The molecule has 1 atom stereocenters. The number of benzene rings is 1. The summed E-state index contributed by atoms with van der Waals surface area (Å²) >= 11 is 0. The molecule has 21 heavy (non-hydrogen) atoms. The fourth-order valence-corrected chi connectivity index (χ4v) is 1.77. The molecule has 1 amide bonds. The first-order valence-corrected chi connectivity index (χ1v) is 6.09. The molecular formula is C14H13NO6. The van der Waals surface area contributed by atoms with E-state index in [-0.39, 0.29) is 16.8 Å². The Morgan fingerprint density at radius 3 is 2.76 bits per heavy atom. The smallest absolute Gasteiger partial charge is 0.330 e. The van der Waals surface area contributed by atoms with Gasteiger partial charge in [-0.05, 0) is 12.1 Å². The molecule has 0 fully saturated rings. The van der Waals surface area contributed by atoms with Crippen molar-refractivity contribution in [2.24, 2.45) is 0 Å². The summed E-state index contributed by atoms with van der Waals surface area (Å²) in [6.45, 7) is -0.629. The maximum Gasteiger partial charge on any atom is 0.330 e. The molecule has 2 rings (SSSR count). The van der Waals surface area contributed by atoms with Gasteiger partial charge in [0.05, 0.1) is 19.1 Å². The van der Waals surface area contributed by atoms with Crippen LogP contribution in [0.5, 0.6) is 0 Å². The highest BCUT2D eigenvalue weighted by atomic mass is 16.5. The fraction of sp³-hybridized carbons (Fsp3) is 0.214. The Morgan fingerprint density at radius 1 is 1.38 bits per heavy atom. The lowest BCUT2D eigenvalue weighted by Gasteiger charge is -2.13. The summed E-state index contributed by atoms with van der Waals surface area (Å²) in [6, 6.07) is 6.28. The fourth-order valence-electron chi connectivity index (χ4n) is 1.77. The number of esters is 1. The number of para-hydroxylation sites is 1. The Labute approximate surface area is 119 Å². The summed E-state index contributed by atoms with van der Waals surface area (Å²) in [7, 11) is 1.13. The number of rotatable bonds is 4. The molecule has 0 aliphatic carbocycles. The molecule has 0 aliphatic heterocycles. The molecule has 2 aromatic rings. The highest BCUT2D eigenvalue weighted by Crippen LogP contribution is 2.11. The Bertz CT molecular complexity index is 736. The zero-order valence-corrected chi connectivity index (χ0v) is 11.2. The number of nitrogens with one attached hydrogen (secondary N) is 1. The maximum atomic E-state index is 12.0. The van der Waals surface area contributed by atoms with Crippen molar-refractivity contribution in [3.8, 4) is 0 Å². The van der Waals surface area contributed by atoms with E-state index in [2.05, 4.69) is 10.1 Å². The van der Waals surface area contributed by atoms with Crippen LogP contribution in [-0.4, -0.2) is 36.7 Å². The highest BCUT2D eigenvalue weighted by molar-refractivity contribution is 5.95. The normalized spacial score (nSPS) is 11.9. The van der Waals surface area contributed by atoms with Crippen LogP contribution in [0.25, 0.3) is 11.0 Å². The Hall–Kier alpha value is -2.67. The van der Waals surface area contributed by atoms with Crippen LogP contribution in [0.3, 0.4) is 0 Å². The topological polar surface area (TPSA) is 106 Å². The summed E-state index contributed by atoms with van der Waals surface area (Å²) in [4.78, 5) is 35.1. The van der Waals surface area contributed by atoms with Gasteiger partial charge >= 0.3 is 5.97 Å². The van der Waals surface area contributed by atoms with E-state index < -0.39 is 24.5 Å². The SMILES string of the molecule is COC(=O)[C@H](CO)NC(=O)c1cc(=O)c2ccccc2o1. The maximum absolute atomic E-state index is 12.0. The van der Waals surface area contributed by atoms with E-state index in [4.69, 9.17) is 9.52 Å². The Balaban J connectivity index is 2.31. The molecule has 7 nitrogen and oxygen atoms in total. The van der Waals surface area contributed by atoms with Crippen LogP contribution in [0.4, 0.5) is 0 Å². The van der Waals surface area contributed by atoms with Crippen molar-refractivity contribution in [3.05, 3.63) is 46.3 Å². The molecule has 7 heteroatoms. The van der Waals surface area contributed by atoms with E-state index in [9.17, 15) is 14.4 Å². The van der Waals surface area contributed by atoms with Crippen LogP contribution in [0, 0.1) is 0 Å². The van der Waals surface area contributed by atoms with Gasteiger partial charge in [-0.3, -0.25) is 9.59 Å². The second kappa shape index (κ2) is 6.19. The van der Waals surface area contributed by atoms with Crippen LogP contribution in [-0.2, 0) is 9.53 Å². The molecule has 0 saturated carbocycles. The molecule has 0 saturated heterocycles. The summed E-state index contributed by atoms with van der Waals surface area (Å²) in [6.07, 6.45) is 0. The second-order valence-electron chi connectivity index (χ2n) is 4.20.